The van der Waals surface area contributed by atoms with Gasteiger partial charge >= 0.3 is 0 Å². The number of carbonyl (C=O) groups is 1. The molecule has 2 atom stereocenters. The van der Waals surface area contributed by atoms with Crippen LogP contribution in [0.25, 0.3) is 0 Å². The highest BCUT2D eigenvalue weighted by molar-refractivity contribution is 5.76. The maximum absolute atomic E-state index is 12.5. The summed E-state index contributed by atoms with van der Waals surface area (Å²) in [5.74, 6) is -0.0249. The smallest absolute Gasteiger partial charge is 0.220 e. The fraction of sp³-hybridized carbons (Fsp3) is 0.952. The van der Waals surface area contributed by atoms with Crippen LogP contribution in [0, 0.1) is 0 Å². The number of amides is 1. The van der Waals surface area contributed by atoms with E-state index in [9.17, 15) is 15.0 Å². The number of hydrogen-bond donors (Lipinski definition) is 3. The van der Waals surface area contributed by atoms with E-state index in [2.05, 4.69) is 31.3 Å². The van der Waals surface area contributed by atoms with Gasteiger partial charge in [-0.15, -0.1) is 0 Å². The van der Waals surface area contributed by atoms with E-state index in [0.717, 1.165) is 25.7 Å². The topological polar surface area (TPSA) is 69.6 Å². The fourth-order valence-electron chi connectivity index (χ4n) is 10.2. The van der Waals surface area contributed by atoms with Crippen molar-refractivity contribution < 1.29 is 15.0 Å². The van der Waals surface area contributed by atoms with Crippen LogP contribution in [0.1, 0.15) is 367 Å². The molecule has 1 amide bonds. The SMILES string of the molecule is CCCCCCCCCC/C=C\CCCCCCCCCCCCCC(=O)NC(CO)C(O)CCCCCCCCCCCCCCCCCCCCCCCCCCCCCCCCCC. The lowest BCUT2D eigenvalue weighted by Gasteiger charge is -2.22. The average Bonchev–Trinajstić information content (AvgIpc) is 3.33. The minimum absolute atomic E-state index is 0.0249. The van der Waals surface area contributed by atoms with E-state index in [1.54, 1.807) is 0 Å². The molecule has 0 aliphatic rings. The van der Waals surface area contributed by atoms with Gasteiger partial charge in [0.25, 0.3) is 0 Å². The Morgan fingerprint density at radius 3 is 0.821 bits per heavy atom. The summed E-state index contributed by atoms with van der Waals surface area (Å²) < 4.78 is 0. The number of unbranched alkanes of at least 4 members (excludes halogenated alkanes) is 50. The van der Waals surface area contributed by atoms with E-state index in [1.165, 1.54) is 315 Å². The molecule has 0 aromatic heterocycles. The molecule has 0 spiro atoms. The number of aliphatic hydroxyl groups excluding tert-OH is 2. The summed E-state index contributed by atoms with van der Waals surface area (Å²) in [5, 5.41) is 23.4. The highest BCUT2D eigenvalue weighted by Crippen LogP contribution is 2.19. The van der Waals surface area contributed by atoms with Crippen molar-refractivity contribution in [2.75, 3.05) is 6.61 Å². The van der Waals surface area contributed by atoms with Gasteiger partial charge in [-0.05, 0) is 38.5 Å². The predicted octanol–water partition coefficient (Wildman–Crippen LogP) is 20.9. The molecular weight excluding hydrogens is 819 g/mol. The standard InChI is InChI=1S/C63H125NO3/c1-3-5-7-9-11-13-15-17-19-21-23-25-27-28-29-30-31-32-33-34-35-37-38-40-42-44-46-48-50-52-54-56-58-62(66)61(60-65)64-63(67)59-57-55-53-51-49-47-45-43-41-39-36-26-24-22-20-18-16-14-12-10-8-6-4-2/h22,24,61-62,65-66H,3-21,23,25-60H2,1-2H3,(H,64,67)/b24-22-. The number of allylic oxidation sites excluding steroid dienone is 2. The molecule has 0 bridgehead atoms. The molecule has 3 N–H and O–H groups in total. The normalized spacial score (nSPS) is 12.7. The van der Waals surface area contributed by atoms with Gasteiger partial charge in [0.15, 0.2) is 0 Å². The van der Waals surface area contributed by atoms with Gasteiger partial charge in [-0.1, -0.05) is 334 Å². The Kier molecular flexibility index (Phi) is 58.7. The molecule has 0 heterocycles. The quantitative estimate of drug-likeness (QED) is 0.0420. The summed E-state index contributed by atoms with van der Waals surface area (Å²) >= 11 is 0. The van der Waals surface area contributed by atoms with Gasteiger partial charge in [-0.25, -0.2) is 0 Å². The number of carbonyl (C=O) groups excluding carboxylic acids is 1. The molecule has 400 valence electrons. The molecule has 0 aliphatic carbocycles. The Hall–Kier alpha value is -0.870. The molecule has 0 fully saturated rings. The second kappa shape index (κ2) is 59.4. The van der Waals surface area contributed by atoms with Gasteiger partial charge in [0.2, 0.25) is 5.91 Å². The molecular formula is C63H125NO3. The molecule has 2 unspecified atom stereocenters. The van der Waals surface area contributed by atoms with Gasteiger partial charge < -0.3 is 15.5 Å². The largest absolute Gasteiger partial charge is 0.394 e. The summed E-state index contributed by atoms with van der Waals surface area (Å²) in [6.45, 7) is 4.40. The van der Waals surface area contributed by atoms with Crippen molar-refractivity contribution in [2.24, 2.45) is 0 Å². The first kappa shape index (κ1) is 66.1. The Balaban J connectivity index is 3.39. The van der Waals surface area contributed by atoms with Crippen LogP contribution in [0.5, 0.6) is 0 Å². The third-order valence-electron chi connectivity index (χ3n) is 15.0. The highest BCUT2D eigenvalue weighted by Gasteiger charge is 2.20. The van der Waals surface area contributed by atoms with Crippen LogP contribution in [0.2, 0.25) is 0 Å². The molecule has 0 rings (SSSR count). The maximum Gasteiger partial charge on any atom is 0.220 e. The van der Waals surface area contributed by atoms with E-state index in [4.69, 9.17) is 0 Å². The van der Waals surface area contributed by atoms with Crippen LogP contribution in [0.15, 0.2) is 12.2 Å². The van der Waals surface area contributed by atoms with Crippen LogP contribution in [0.4, 0.5) is 0 Å². The van der Waals surface area contributed by atoms with Crippen molar-refractivity contribution in [1.29, 1.82) is 0 Å². The van der Waals surface area contributed by atoms with E-state index >= 15 is 0 Å². The average molecular weight is 945 g/mol. The van der Waals surface area contributed by atoms with Crippen molar-refractivity contribution in [1.82, 2.24) is 5.32 Å². The van der Waals surface area contributed by atoms with E-state index in [0.29, 0.717) is 12.8 Å². The van der Waals surface area contributed by atoms with Crippen molar-refractivity contribution in [2.45, 2.75) is 379 Å². The molecule has 67 heavy (non-hydrogen) atoms. The Morgan fingerprint density at radius 2 is 0.567 bits per heavy atom. The molecule has 0 aliphatic heterocycles. The number of aliphatic hydroxyl groups is 2. The fourth-order valence-corrected chi connectivity index (χ4v) is 10.2. The zero-order valence-corrected chi connectivity index (χ0v) is 46.2. The summed E-state index contributed by atoms with van der Waals surface area (Å²) in [6.07, 6.45) is 78.1. The monoisotopic (exact) mass is 944 g/mol. The Bertz CT molecular complexity index is 936. The predicted molar refractivity (Wildman–Crippen MR) is 299 cm³/mol. The minimum atomic E-state index is -0.659. The van der Waals surface area contributed by atoms with Crippen LogP contribution in [-0.2, 0) is 4.79 Å². The van der Waals surface area contributed by atoms with Crippen molar-refractivity contribution in [3.8, 4) is 0 Å². The summed E-state index contributed by atoms with van der Waals surface area (Å²) in [5.41, 5.74) is 0. The molecule has 4 nitrogen and oxygen atoms in total. The van der Waals surface area contributed by atoms with Gasteiger partial charge in [-0.3, -0.25) is 4.79 Å². The summed E-state index contributed by atoms with van der Waals surface area (Å²) in [6, 6.07) is -0.535. The van der Waals surface area contributed by atoms with Crippen molar-refractivity contribution in [3.63, 3.8) is 0 Å². The third kappa shape index (κ3) is 55.9. The van der Waals surface area contributed by atoms with Gasteiger partial charge in [-0.2, -0.15) is 0 Å². The zero-order chi connectivity index (χ0) is 48.5. The van der Waals surface area contributed by atoms with Gasteiger partial charge in [0.1, 0.15) is 0 Å². The number of nitrogens with one attached hydrogen (secondary N) is 1. The first-order chi connectivity index (χ1) is 33.2. The molecule has 0 saturated heterocycles. The second-order valence-electron chi connectivity index (χ2n) is 21.8. The van der Waals surface area contributed by atoms with Gasteiger partial charge in [0, 0.05) is 6.42 Å². The lowest BCUT2D eigenvalue weighted by molar-refractivity contribution is -0.123. The number of hydrogen-bond acceptors (Lipinski definition) is 3. The molecule has 0 saturated carbocycles. The maximum atomic E-state index is 12.5. The van der Waals surface area contributed by atoms with E-state index in [1.807, 2.05) is 0 Å². The Morgan fingerprint density at radius 1 is 0.343 bits per heavy atom. The first-order valence-electron chi connectivity index (χ1n) is 31.4. The van der Waals surface area contributed by atoms with Crippen molar-refractivity contribution >= 4 is 5.91 Å². The molecule has 0 aromatic carbocycles. The lowest BCUT2D eigenvalue weighted by Crippen LogP contribution is -2.45. The molecule has 4 heteroatoms. The van der Waals surface area contributed by atoms with Crippen LogP contribution < -0.4 is 5.32 Å². The van der Waals surface area contributed by atoms with E-state index in [-0.39, 0.29) is 12.5 Å². The molecule has 0 aromatic rings. The summed E-state index contributed by atoms with van der Waals surface area (Å²) in [4.78, 5) is 12.5. The van der Waals surface area contributed by atoms with Crippen LogP contribution in [-0.4, -0.2) is 34.9 Å². The van der Waals surface area contributed by atoms with E-state index < -0.39 is 12.1 Å². The summed E-state index contributed by atoms with van der Waals surface area (Å²) in [7, 11) is 0. The van der Waals surface area contributed by atoms with Crippen LogP contribution in [0.3, 0.4) is 0 Å². The van der Waals surface area contributed by atoms with Crippen LogP contribution >= 0.6 is 0 Å². The minimum Gasteiger partial charge on any atom is -0.394 e. The Labute approximate surface area is 422 Å². The van der Waals surface area contributed by atoms with Crippen molar-refractivity contribution in [3.05, 3.63) is 12.2 Å². The van der Waals surface area contributed by atoms with Gasteiger partial charge in [0.05, 0.1) is 18.8 Å². The zero-order valence-electron chi connectivity index (χ0n) is 46.2. The number of rotatable bonds is 59. The second-order valence-corrected chi connectivity index (χ2v) is 21.8. The lowest BCUT2D eigenvalue weighted by atomic mass is 10.0. The third-order valence-corrected chi connectivity index (χ3v) is 15.0. The molecule has 0 radical (unpaired) electrons. The highest BCUT2D eigenvalue weighted by atomic mass is 16.3. The first-order valence-corrected chi connectivity index (χ1v) is 31.4.